The average molecular weight is 382 g/mol. The van der Waals surface area contributed by atoms with Gasteiger partial charge in [0.1, 0.15) is 23.0 Å². The second kappa shape index (κ2) is 8.40. The fourth-order valence-corrected chi connectivity index (χ4v) is 3.07. The van der Waals surface area contributed by atoms with Crippen molar-refractivity contribution in [2.24, 2.45) is 0 Å². The first-order valence-corrected chi connectivity index (χ1v) is 9.40. The van der Waals surface area contributed by atoms with E-state index >= 15 is 0 Å². The van der Waals surface area contributed by atoms with Crippen molar-refractivity contribution in [2.75, 3.05) is 11.5 Å². The Morgan fingerprint density at radius 1 is 0.517 bits per heavy atom. The Bertz CT molecular complexity index is 1110. The van der Waals surface area contributed by atoms with Gasteiger partial charge in [0.05, 0.1) is 0 Å². The summed E-state index contributed by atoms with van der Waals surface area (Å²) in [7, 11) is 0. The van der Waals surface area contributed by atoms with Gasteiger partial charge < -0.3 is 20.9 Å². The molecule has 0 heterocycles. The maximum absolute atomic E-state index is 6.10. The minimum absolute atomic E-state index is 0.669. The van der Waals surface area contributed by atoms with E-state index in [0.29, 0.717) is 23.5 Å². The molecule has 0 aliphatic carbocycles. The summed E-state index contributed by atoms with van der Waals surface area (Å²) in [5.41, 5.74) is 15.1. The predicted molar refractivity (Wildman–Crippen MR) is 118 cm³/mol. The van der Waals surface area contributed by atoms with Crippen LogP contribution in [0.5, 0.6) is 23.0 Å². The Morgan fingerprint density at radius 2 is 1.10 bits per heavy atom. The number of nitrogen functional groups attached to an aromatic ring is 2. The molecule has 0 fully saturated rings. The summed E-state index contributed by atoms with van der Waals surface area (Å²) in [5.74, 6) is 3.05. The highest BCUT2D eigenvalue weighted by Gasteiger charge is 2.10. The number of hydrogen-bond acceptors (Lipinski definition) is 4. The molecule has 0 spiro atoms. The lowest BCUT2D eigenvalue weighted by Gasteiger charge is -2.14. The maximum atomic E-state index is 6.10. The quantitative estimate of drug-likeness (QED) is 0.400. The van der Waals surface area contributed by atoms with Crippen LogP contribution < -0.4 is 20.9 Å². The summed E-state index contributed by atoms with van der Waals surface area (Å²) in [5, 5.41) is 0. The van der Waals surface area contributed by atoms with Crippen molar-refractivity contribution in [3.05, 3.63) is 108 Å². The molecule has 0 unspecified atom stereocenters. The van der Waals surface area contributed by atoms with E-state index in [1.807, 2.05) is 84.9 Å². The highest BCUT2D eigenvalue weighted by Crippen LogP contribution is 2.32. The molecule has 4 N–H and O–H groups in total. The summed E-state index contributed by atoms with van der Waals surface area (Å²) >= 11 is 0. The molecule has 0 radical (unpaired) electrons. The summed E-state index contributed by atoms with van der Waals surface area (Å²) in [4.78, 5) is 0. The van der Waals surface area contributed by atoms with Gasteiger partial charge in [-0.15, -0.1) is 0 Å². The molecule has 4 nitrogen and oxygen atoms in total. The number of ether oxygens (including phenoxy) is 2. The van der Waals surface area contributed by atoms with E-state index in [-0.39, 0.29) is 0 Å². The van der Waals surface area contributed by atoms with Crippen LogP contribution in [-0.2, 0) is 6.42 Å². The van der Waals surface area contributed by atoms with E-state index in [0.717, 1.165) is 28.4 Å². The lowest BCUT2D eigenvalue weighted by molar-refractivity contribution is 0.471. The zero-order valence-electron chi connectivity index (χ0n) is 15.9. The number of nitrogens with two attached hydrogens (primary N) is 2. The fraction of sp³-hybridized carbons (Fsp3) is 0.0400. The van der Waals surface area contributed by atoms with Gasteiger partial charge in [0, 0.05) is 23.9 Å². The van der Waals surface area contributed by atoms with Gasteiger partial charge in [-0.1, -0.05) is 42.5 Å². The lowest BCUT2D eigenvalue weighted by atomic mass is 10.0. The van der Waals surface area contributed by atoms with Crippen molar-refractivity contribution >= 4 is 11.4 Å². The minimum atomic E-state index is 0.669. The number of hydrogen-bond donors (Lipinski definition) is 2. The molecular weight excluding hydrogens is 360 g/mol. The second-order valence-electron chi connectivity index (χ2n) is 6.74. The monoisotopic (exact) mass is 382 g/mol. The Kier molecular flexibility index (Phi) is 5.34. The van der Waals surface area contributed by atoms with Crippen molar-refractivity contribution in [2.45, 2.75) is 6.42 Å². The third-order valence-corrected chi connectivity index (χ3v) is 4.52. The Morgan fingerprint density at radius 3 is 1.72 bits per heavy atom. The molecule has 0 saturated heterocycles. The molecular formula is C25H22N2O2. The van der Waals surface area contributed by atoms with Crippen LogP contribution in [0.15, 0.2) is 97.1 Å². The largest absolute Gasteiger partial charge is 0.457 e. The first-order chi connectivity index (χ1) is 14.2. The van der Waals surface area contributed by atoms with Gasteiger partial charge in [-0.2, -0.15) is 0 Å². The van der Waals surface area contributed by atoms with Gasteiger partial charge in [-0.05, 0) is 59.7 Å². The van der Waals surface area contributed by atoms with Crippen molar-refractivity contribution in [1.82, 2.24) is 0 Å². The third kappa shape index (κ3) is 4.68. The highest BCUT2D eigenvalue weighted by atomic mass is 16.5. The zero-order valence-corrected chi connectivity index (χ0v) is 15.9. The Balaban J connectivity index is 1.59. The van der Waals surface area contributed by atoms with Gasteiger partial charge in [-0.3, -0.25) is 0 Å². The van der Waals surface area contributed by atoms with Gasteiger partial charge in [0.2, 0.25) is 0 Å². The summed E-state index contributed by atoms with van der Waals surface area (Å²) in [6, 6.07) is 30.8. The standard InChI is InChI=1S/C25H22N2O2/c26-20-12-14-22(15-13-20)28-24-10-3-1-6-18(24)16-19-7-2-4-11-25(19)29-23-9-5-8-21(27)17-23/h1-15,17H,16,26-27H2. The van der Waals surface area contributed by atoms with Crippen molar-refractivity contribution < 1.29 is 9.47 Å². The van der Waals surface area contributed by atoms with Crippen LogP contribution in [0.3, 0.4) is 0 Å². The van der Waals surface area contributed by atoms with E-state index in [9.17, 15) is 0 Å². The molecule has 4 heteroatoms. The van der Waals surface area contributed by atoms with Gasteiger partial charge >= 0.3 is 0 Å². The smallest absolute Gasteiger partial charge is 0.130 e. The normalized spacial score (nSPS) is 10.5. The van der Waals surface area contributed by atoms with Crippen LogP contribution in [0, 0.1) is 0 Å². The summed E-state index contributed by atoms with van der Waals surface area (Å²) < 4.78 is 12.2. The molecule has 4 aromatic carbocycles. The van der Waals surface area contributed by atoms with E-state index in [1.165, 1.54) is 0 Å². The van der Waals surface area contributed by atoms with Crippen molar-refractivity contribution in [3.8, 4) is 23.0 Å². The number of rotatable bonds is 6. The molecule has 0 bridgehead atoms. The second-order valence-corrected chi connectivity index (χ2v) is 6.74. The average Bonchev–Trinajstić information content (AvgIpc) is 2.73. The van der Waals surface area contributed by atoms with Gasteiger partial charge in [-0.25, -0.2) is 0 Å². The number of anilines is 2. The van der Waals surface area contributed by atoms with E-state index in [1.54, 1.807) is 0 Å². The molecule has 0 aliphatic rings. The third-order valence-electron chi connectivity index (χ3n) is 4.52. The highest BCUT2D eigenvalue weighted by molar-refractivity contribution is 5.49. The molecule has 0 atom stereocenters. The van der Waals surface area contributed by atoms with Crippen LogP contribution in [0.25, 0.3) is 0 Å². The number of benzene rings is 4. The van der Waals surface area contributed by atoms with Crippen LogP contribution in [0.4, 0.5) is 11.4 Å². The SMILES string of the molecule is Nc1ccc(Oc2ccccc2Cc2ccccc2Oc2cccc(N)c2)cc1. The predicted octanol–water partition coefficient (Wildman–Crippen LogP) is 6.03. The molecule has 0 aromatic heterocycles. The van der Waals surface area contributed by atoms with E-state index in [2.05, 4.69) is 12.1 Å². The van der Waals surface area contributed by atoms with Crippen molar-refractivity contribution in [3.63, 3.8) is 0 Å². The Labute approximate surface area is 170 Å². The molecule has 144 valence electrons. The molecule has 4 aromatic rings. The molecule has 0 saturated carbocycles. The molecule has 0 amide bonds. The van der Waals surface area contributed by atoms with Gasteiger partial charge in [0.15, 0.2) is 0 Å². The van der Waals surface area contributed by atoms with Crippen LogP contribution in [-0.4, -0.2) is 0 Å². The van der Waals surface area contributed by atoms with Crippen molar-refractivity contribution in [1.29, 1.82) is 0 Å². The van der Waals surface area contributed by atoms with Crippen LogP contribution in [0.2, 0.25) is 0 Å². The first-order valence-electron chi connectivity index (χ1n) is 9.40. The molecule has 29 heavy (non-hydrogen) atoms. The lowest BCUT2D eigenvalue weighted by Crippen LogP contribution is -1.97. The van der Waals surface area contributed by atoms with Crippen LogP contribution in [0.1, 0.15) is 11.1 Å². The first kappa shape index (κ1) is 18.4. The zero-order chi connectivity index (χ0) is 20.1. The topological polar surface area (TPSA) is 70.5 Å². The summed E-state index contributed by atoms with van der Waals surface area (Å²) in [6.45, 7) is 0. The van der Waals surface area contributed by atoms with Gasteiger partial charge in [0.25, 0.3) is 0 Å². The van der Waals surface area contributed by atoms with E-state index < -0.39 is 0 Å². The molecule has 0 aliphatic heterocycles. The number of para-hydroxylation sites is 2. The Hall–Kier alpha value is -3.92. The summed E-state index contributed by atoms with van der Waals surface area (Å²) in [6.07, 6.45) is 0.670. The maximum Gasteiger partial charge on any atom is 0.130 e. The minimum Gasteiger partial charge on any atom is -0.457 e. The molecule has 4 rings (SSSR count). The van der Waals surface area contributed by atoms with Crippen LogP contribution >= 0.6 is 0 Å². The fourth-order valence-electron chi connectivity index (χ4n) is 3.07. The van der Waals surface area contributed by atoms with E-state index in [4.69, 9.17) is 20.9 Å².